The second-order valence-electron chi connectivity index (χ2n) is 9.04. The highest BCUT2D eigenvalue weighted by Crippen LogP contribution is 2.39. The van der Waals surface area contributed by atoms with Crippen molar-refractivity contribution in [3.63, 3.8) is 0 Å². The zero-order valence-corrected chi connectivity index (χ0v) is 19.7. The van der Waals surface area contributed by atoms with Crippen LogP contribution < -0.4 is 10.2 Å². The van der Waals surface area contributed by atoms with Gasteiger partial charge in [-0.2, -0.15) is 5.26 Å². The van der Waals surface area contributed by atoms with Crippen LogP contribution in [0.1, 0.15) is 44.4 Å². The van der Waals surface area contributed by atoms with E-state index in [9.17, 15) is 10.1 Å². The highest BCUT2D eigenvalue weighted by Gasteiger charge is 2.30. The summed E-state index contributed by atoms with van der Waals surface area (Å²) in [5, 5.41) is 13.7. The van der Waals surface area contributed by atoms with Crippen LogP contribution in [0.5, 0.6) is 0 Å². The van der Waals surface area contributed by atoms with E-state index in [2.05, 4.69) is 73.2 Å². The number of fused-ring (bicyclic) bond motifs is 2. The Morgan fingerprint density at radius 1 is 1.24 bits per heavy atom. The molecule has 168 valence electrons. The fourth-order valence-electron chi connectivity index (χ4n) is 4.83. The van der Waals surface area contributed by atoms with Crippen molar-refractivity contribution in [1.82, 2.24) is 10.3 Å². The molecule has 0 bridgehead atoms. The Labute approximate surface area is 195 Å². The van der Waals surface area contributed by atoms with Crippen molar-refractivity contribution < 1.29 is 4.79 Å². The number of nitrogens with one attached hydrogen (secondary N) is 2. The molecule has 0 saturated heterocycles. The number of carbonyl (C=O) groups is 1. The number of nitriles is 1. The molecule has 0 saturated carbocycles. The molecule has 0 aliphatic carbocycles. The minimum Gasteiger partial charge on any atom is -0.363 e. The topological polar surface area (TPSA) is 71.9 Å². The molecule has 0 spiro atoms. The van der Waals surface area contributed by atoms with Gasteiger partial charge in [0.15, 0.2) is 0 Å². The second kappa shape index (κ2) is 8.99. The lowest BCUT2D eigenvalue weighted by Crippen LogP contribution is -2.44. The van der Waals surface area contributed by atoms with E-state index in [4.69, 9.17) is 0 Å². The third-order valence-electron chi connectivity index (χ3n) is 6.35. The van der Waals surface area contributed by atoms with Crippen LogP contribution in [0, 0.1) is 11.3 Å². The van der Waals surface area contributed by atoms with Crippen LogP contribution in [0.15, 0.2) is 60.3 Å². The Morgan fingerprint density at radius 3 is 2.79 bits per heavy atom. The van der Waals surface area contributed by atoms with Crippen LogP contribution >= 0.6 is 0 Å². The lowest BCUT2D eigenvalue weighted by molar-refractivity contribution is -0.117. The SMILES string of the molecule is CCN1c2ccc(/C=C(/C#N)C(=O)NCCc3c[nH]c4ccccc34)cc2C(C)=CC1(C)C. The van der Waals surface area contributed by atoms with Gasteiger partial charge in [0.1, 0.15) is 11.6 Å². The summed E-state index contributed by atoms with van der Waals surface area (Å²) in [6, 6.07) is 16.3. The number of likely N-dealkylation sites (N-methyl/N-ethyl adjacent to an activating group) is 1. The molecule has 0 radical (unpaired) electrons. The van der Waals surface area contributed by atoms with Gasteiger partial charge in [-0.15, -0.1) is 0 Å². The maximum atomic E-state index is 12.7. The number of amides is 1. The summed E-state index contributed by atoms with van der Waals surface area (Å²) < 4.78 is 0. The first-order valence-corrected chi connectivity index (χ1v) is 11.4. The zero-order chi connectivity index (χ0) is 23.6. The summed E-state index contributed by atoms with van der Waals surface area (Å²) >= 11 is 0. The number of aromatic nitrogens is 1. The number of aromatic amines is 1. The molecule has 0 atom stereocenters. The number of nitrogens with zero attached hydrogens (tertiary/aromatic N) is 2. The monoisotopic (exact) mass is 438 g/mol. The summed E-state index contributed by atoms with van der Waals surface area (Å²) in [5.41, 5.74) is 6.66. The van der Waals surface area contributed by atoms with Gasteiger partial charge in [0.2, 0.25) is 0 Å². The van der Waals surface area contributed by atoms with Crippen molar-refractivity contribution in [2.45, 2.75) is 39.7 Å². The second-order valence-corrected chi connectivity index (χ2v) is 9.04. The third-order valence-corrected chi connectivity index (χ3v) is 6.35. The van der Waals surface area contributed by atoms with Crippen LogP contribution in [0.2, 0.25) is 0 Å². The molecule has 2 aromatic carbocycles. The number of allylic oxidation sites excluding steroid dienone is 1. The quantitative estimate of drug-likeness (QED) is 0.397. The zero-order valence-electron chi connectivity index (χ0n) is 19.7. The predicted molar refractivity (Wildman–Crippen MR) is 136 cm³/mol. The molecule has 3 aromatic rings. The van der Waals surface area contributed by atoms with E-state index in [0.29, 0.717) is 13.0 Å². The molecular weight excluding hydrogens is 408 g/mol. The Kier molecular flexibility index (Phi) is 6.11. The number of carbonyl (C=O) groups excluding carboxylic acids is 1. The van der Waals surface area contributed by atoms with Gasteiger partial charge in [0.25, 0.3) is 5.91 Å². The summed E-state index contributed by atoms with van der Waals surface area (Å²) in [6.45, 7) is 10.1. The van der Waals surface area contributed by atoms with Crippen LogP contribution in [-0.4, -0.2) is 29.5 Å². The van der Waals surface area contributed by atoms with Gasteiger partial charge < -0.3 is 15.2 Å². The Balaban J connectivity index is 1.49. The first kappa shape index (κ1) is 22.4. The summed E-state index contributed by atoms with van der Waals surface area (Å²) in [7, 11) is 0. The van der Waals surface area contributed by atoms with E-state index in [1.165, 1.54) is 11.3 Å². The summed E-state index contributed by atoms with van der Waals surface area (Å²) in [6.07, 6.45) is 6.61. The van der Waals surface area contributed by atoms with Gasteiger partial charge in [-0.05, 0) is 75.1 Å². The molecule has 2 N–H and O–H groups in total. The van der Waals surface area contributed by atoms with E-state index in [1.54, 1.807) is 6.08 Å². The Hall–Kier alpha value is -3.78. The maximum Gasteiger partial charge on any atom is 0.261 e. The number of anilines is 1. The molecule has 1 amide bonds. The Morgan fingerprint density at radius 2 is 2.03 bits per heavy atom. The van der Waals surface area contributed by atoms with Crippen LogP contribution in [-0.2, 0) is 11.2 Å². The molecule has 2 heterocycles. The highest BCUT2D eigenvalue weighted by atomic mass is 16.1. The molecule has 5 heteroatoms. The smallest absolute Gasteiger partial charge is 0.261 e. The van der Waals surface area contributed by atoms with Crippen molar-refractivity contribution in [3.05, 3.63) is 77.0 Å². The van der Waals surface area contributed by atoms with Gasteiger partial charge in [-0.1, -0.05) is 30.3 Å². The van der Waals surface area contributed by atoms with Crippen LogP contribution in [0.4, 0.5) is 5.69 Å². The first-order chi connectivity index (χ1) is 15.8. The van der Waals surface area contributed by atoms with Crippen LogP contribution in [0.3, 0.4) is 0 Å². The number of rotatable bonds is 6. The van der Waals surface area contributed by atoms with Crippen LogP contribution in [0.25, 0.3) is 22.6 Å². The number of hydrogen-bond donors (Lipinski definition) is 2. The molecular formula is C28H30N4O. The highest BCUT2D eigenvalue weighted by molar-refractivity contribution is 6.02. The van der Waals surface area contributed by atoms with Crippen molar-refractivity contribution in [2.24, 2.45) is 0 Å². The van der Waals surface area contributed by atoms with Gasteiger partial charge in [-0.3, -0.25) is 4.79 Å². The summed E-state index contributed by atoms with van der Waals surface area (Å²) in [4.78, 5) is 18.3. The predicted octanol–water partition coefficient (Wildman–Crippen LogP) is 5.46. The molecule has 0 fully saturated rings. The Bertz CT molecular complexity index is 1300. The lowest BCUT2D eigenvalue weighted by Gasteiger charge is -2.42. The molecule has 1 aromatic heterocycles. The normalized spacial score (nSPS) is 15.1. The average molecular weight is 439 g/mol. The number of benzene rings is 2. The average Bonchev–Trinajstić information content (AvgIpc) is 3.20. The third kappa shape index (κ3) is 4.42. The lowest BCUT2D eigenvalue weighted by atomic mass is 9.88. The first-order valence-electron chi connectivity index (χ1n) is 11.4. The molecule has 0 unspecified atom stereocenters. The molecule has 1 aliphatic heterocycles. The van der Waals surface area contributed by atoms with Gasteiger partial charge >= 0.3 is 0 Å². The maximum absolute atomic E-state index is 12.7. The molecule has 1 aliphatic rings. The minimum absolute atomic E-state index is 0.0499. The summed E-state index contributed by atoms with van der Waals surface area (Å²) in [5.74, 6) is -0.348. The molecule has 5 nitrogen and oxygen atoms in total. The standard InChI is InChI=1S/C28H30N4O/c1-5-32-26-11-10-20(15-24(26)19(2)16-28(32,3)4)14-22(17-29)27(33)30-13-12-21-18-31-25-9-7-6-8-23(21)25/h6-11,14-16,18,31H,5,12-13H2,1-4H3,(H,30,33)/b22-14-. The number of hydrogen-bond acceptors (Lipinski definition) is 3. The number of para-hydroxylation sites is 1. The van der Waals surface area contributed by atoms with E-state index in [1.807, 2.05) is 30.5 Å². The minimum atomic E-state index is -0.348. The van der Waals surface area contributed by atoms with Gasteiger partial charge in [-0.25, -0.2) is 0 Å². The van der Waals surface area contributed by atoms with E-state index in [0.717, 1.165) is 34.1 Å². The van der Waals surface area contributed by atoms with E-state index >= 15 is 0 Å². The largest absolute Gasteiger partial charge is 0.363 e. The molecule has 33 heavy (non-hydrogen) atoms. The van der Waals surface area contributed by atoms with Gasteiger partial charge in [0.05, 0.1) is 5.54 Å². The van der Waals surface area contributed by atoms with E-state index in [-0.39, 0.29) is 17.0 Å². The van der Waals surface area contributed by atoms with E-state index < -0.39 is 0 Å². The number of H-pyrrole nitrogens is 1. The van der Waals surface area contributed by atoms with Crippen molar-refractivity contribution in [2.75, 3.05) is 18.0 Å². The van der Waals surface area contributed by atoms with Gasteiger partial charge in [0, 0.05) is 41.4 Å². The van der Waals surface area contributed by atoms with Crippen molar-refractivity contribution >= 4 is 34.1 Å². The van der Waals surface area contributed by atoms with Crippen molar-refractivity contribution in [1.29, 1.82) is 5.26 Å². The molecule has 4 rings (SSSR count). The fraction of sp³-hybridized carbons (Fsp3) is 0.286. The van der Waals surface area contributed by atoms with Crippen molar-refractivity contribution in [3.8, 4) is 6.07 Å². The fourth-order valence-corrected chi connectivity index (χ4v) is 4.83.